The van der Waals surface area contributed by atoms with E-state index in [9.17, 15) is 9.59 Å². The number of nitrogens with zero attached hydrogens (tertiary/aromatic N) is 2. The number of hydrogen-bond acceptors (Lipinski definition) is 7. The predicted octanol–water partition coefficient (Wildman–Crippen LogP) is 2.48. The summed E-state index contributed by atoms with van der Waals surface area (Å²) in [6.45, 7) is 3.32. The SMILES string of the molecule is COC(=O)c1ccc(/C=C/C(=O)OC(C)c2nc(C)no2)cc1. The van der Waals surface area contributed by atoms with Gasteiger partial charge in [-0.25, -0.2) is 9.59 Å². The highest BCUT2D eigenvalue weighted by Gasteiger charge is 2.16. The molecule has 0 spiro atoms. The summed E-state index contributed by atoms with van der Waals surface area (Å²) in [5.41, 5.74) is 1.18. The quantitative estimate of drug-likeness (QED) is 0.618. The molecule has 0 fully saturated rings. The second kappa shape index (κ2) is 7.35. The van der Waals surface area contributed by atoms with Gasteiger partial charge in [-0.3, -0.25) is 0 Å². The molecule has 2 aromatic rings. The summed E-state index contributed by atoms with van der Waals surface area (Å²) < 4.78 is 14.7. The molecule has 1 aromatic carbocycles. The molecule has 1 unspecified atom stereocenters. The van der Waals surface area contributed by atoms with Crippen LogP contribution in [0.15, 0.2) is 34.9 Å². The van der Waals surface area contributed by atoms with Crippen molar-refractivity contribution < 1.29 is 23.6 Å². The third-order valence-corrected chi connectivity index (χ3v) is 2.93. The fourth-order valence-corrected chi connectivity index (χ4v) is 1.75. The van der Waals surface area contributed by atoms with Crippen LogP contribution in [0.5, 0.6) is 0 Å². The van der Waals surface area contributed by atoms with Crippen molar-refractivity contribution in [2.24, 2.45) is 0 Å². The number of rotatable bonds is 5. The van der Waals surface area contributed by atoms with Crippen molar-refractivity contribution in [1.29, 1.82) is 0 Å². The van der Waals surface area contributed by atoms with E-state index in [4.69, 9.17) is 9.26 Å². The first-order valence-corrected chi connectivity index (χ1v) is 6.87. The summed E-state index contributed by atoms with van der Waals surface area (Å²) in [4.78, 5) is 27.1. The average molecular weight is 316 g/mol. The monoisotopic (exact) mass is 316 g/mol. The number of aromatic nitrogens is 2. The molecule has 23 heavy (non-hydrogen) atoms. The Bertz CT molecular complexity index is 718. The number of carbonyl (C=O) groups is 2. The molecule has 0 radical (unpaired) electrons. The van der Waals surface area contributed by atoms with E-state index in [1.165, 1.54) is 13.2 Å². The Morgan fingerprint density at radius 1 is 1.26 bits per heavy atom. The van der Waals surface area contributed by atoms with Gasteiger partial charge < -0.3 is 14.0 Å². The molecule has 1 aromatic heterocycles. The van der Waals surface area contributed by atoms with E-state index >= 15 is 0 Å². The van der Waals surface area contributed by atoms with Crippen LogP contribution in [0.25, 0.3) is 6.08 Å². The number of esters is 2. The van der Waals surface area contributed by atoms with Crippen LogP contribution in [0, 0.1) is 6.92 Å². The van der Waals surface area contributed by atoms with Crippen molar-refractivity contribution >= 4 is 18.0 Å². The van der Waals surface area contributed by atoms with Crippen molar-refractivity contribution in [3.05, 3.63) is 53.2 Å². The fraction of sp³-hybridized carbons (Fsp3) is 0.250. The van der Waals surface area contributed by atoms with Gasteiger partial charge in [0.15, 0.2) is 11.9 Å². The van der Waals surface area contributed by atoms with Crippen LogP contribution in [0.2, 0.25) is 0 Å². The molecule has 0 amide bonds. The maximum Gasteiger partial charge on any atom is 0.337 e. The van der Waals surface area contributed by atoms with Gasteiger partial charge in [-0.15, -0.1) is 0 Å². The van der Waals surface area contributed by atoms with Crippen LogP contribution in [-0.4, -0.2) is 29.2 Å². The molecule has 1 atom stereocenters. The molecule has 0 N–H and O–H groups in total. The molecular formula is C16H16N2O5. The first-order chi connectivity index (χ1) is 11.0. The molecule has 0 aliphatic carbocycles. The van der Waals surface area contributed by atoms with E-state index in [2.05, 4.69) is 14.9 Å². The molecule has 120 valence electrons. The van der Waals surface area contributed by atoms with E-state index in [1.54, 1.807) is 44.2 Å². The van der Waals surface area contributed by atoms with Crippen LogP contribution >= 0.6 is 0 Å². The minimum Gasteiger partial charge on any atom is -0.465 e. The van der Waals surface area contributed by atoms with Crippen LogP contribution in [0.1, 0.15) is 40.7 Å². The van der Waals surface area contributed by atoms with Gasteiger partial charge in [-0.05, 0) is 37.6 Å². The van der Waals surface area contributed by atoms with Gasteiger partial charge >= 0.3 is 11.9 Å². The Labute approximate surface area is 132 Å². The number of methoxy groups -OCH3 is 1. The summed E-state index contributed by atoms with van der Waals surface area (Å²) in [7, 11) is 1.32. The van der Waals surface area contributed by atoms with Gasteiger partial charge in [0.05, 0.1) is 12.7 Å². The largest absolute Gasteiger partial charge is 0.465 e. The van der Waals surface area contributed by atoms with Crippen molar-refractivity contribution in [3.63, 3.8) is 0 Å². The van der Waals surface area contributed by atoms with E-state index in [0.717, 1.165) is 5.56 Å². The van der Waals surface area contributed by atoms with Crippen LogP contribution in [0.3, 0.4) is 0 Å². The normalized spacial score (nSPS) is 12.1. The Balaban J connectivity index is 1.94. The van der Waals surface area contributed by atoms with Gasteiger partial charge in [0.25, 0.3) is 5.89 Å². The molecular weight excluding hydrogens is 300 g/mol. The maximum absolute atomic E-state index is 11.8. The van der Waals surface area contributed by atoms with Crippen molar-refractivity contribution in [3.8, 4) is 0 Å². The van der Waals surface area contributed by atoms with Crippen LogP contribution in [0.4, 0.5) is 0 Å². The summed E-state index contributed by atoms with van der Waals surface area (Å²) in [5, 5.41) is 3.63. The highest BCUT2D eigenvalue weighted by molar-refractivity contribution is 5.90. The van der Waals surface area contributed by atoms with Crippen molar-refractivity contribution in [2.75, 3.05) is 7.11 Å². The Morgan fingerprint density at radius 3 is 2.52 bits per heavy atom. The lowest BCUT2D eigenvalue weighted by Crippen LogP contribution is -2.06. The summed E-state index contributed by atoms with van der Waals surface area (Å²) in [6, 6.07) is 6.61. The van der Waals surface area contributed by atoms with E-state index in [1.807, 2.05) is 0 Å². The minimum absolute atomic E-state index is 0.242. The smallest absolute Gasteiger partial charge is 0.337 e. The third kappa shape index (κ3) is 4.50. The second-order valence-corrected chi connectivity index (χ2v) is 4.71. The van der Waals surface area contributed by atoms with Gasteiger partial charge in [-0.1, -0.05) is 17.3 Å². The number of hydrogen-bond donors (Lipinski definition) is 0. The Morgan fingerprint density at radius 2 is 1.96 bits per heavy atom. The standard InChI is InChI=1S/C16H16N2O5/c1-10(15-17-11(2)18-23-15)22-14(19)9-6-12-4-7-13(8-5-12)16(20)21-3/h4-10H,1-3H3/b9-6+. The molecule has 7 nitrogen and oxygen atoms in total. The molecule has 0 saturated heterocycles. The lowest BCUT2D eigenvalue weighted by atomic mass is 10.1. The maximum atomic E-state index is 11.8. The zero-order valence-corrected chi connectivity index (χ0v) is 13.0. The zero-order valence-electron chi connectivity index (χ0n) is 13.0. The molecule has 0 bridgehead atoms. The molecule has 0 aliphatic rings. The zero-order chi connectivity index (χ0) is 16.8. The first kappa shape index (κ1) is 16.4. The van der Waals surface area contributed by atoms with Gasteiger partial charge in [0, 0.05) is 6.08 Å². The first-order valence-electron chi connectivity index (χ1n) is 6.87. The Hall–Kier alpha value is -2.96. The number of ether oxygens (including phenoxy) is 2. The summed E-state index contributed by atoms with van der Waals surface area (Å²) in [5.74, 6) is -0.232. The van der Waals surface area contributed by atoms with Crippen LogP contribution < -0.4 is 0 Å². The van der Waals surface area contributed by atoms with E-state index in [-0.39, 0.29) is 5.89 Å². The molecule has 7 heteroatoms. The van der Waals surface area contributed by atoms with E-state index < -0.39 is 18.0 Å². The van der Waals surface area contributed by atoms with Crippen molar-refractivity contribution in [2.45, 2.75) is 20.0 Å². The van der Waals surface area contributed by atoms with Gasteiger partial charge in [0.1, 0.15) is 0 Å². The molecule has 2 rings (SSSR count). The highest BCUT2D eigenvalue weighted by Crippen LogP contribution is 2.15. The van der Waals surface area contributed by atoms with E-state index in [0.29, 0.717) is 11.4 Å². The van der Waals surface area contributed by atoms with Gasteiger partial charge in [0.2, 0.25) is 0 Å². The summed E-state index contributed by atoms with van der Waals surface area (Å²) in [6.07, 6.45) is 2.23. The lowest BCUT2D eigenvalue weighted by molar-refractivity contribution is -0.143. The van der Waals surface area contributed by atoms with Gasteiger partial charge in [-0.2, -0.15) is 4.98 Å². The highest BCUT2D eigenvalue weighted by atomic mass is 16.6. The van der Waals surface area contributed by atoms with Crippen LogP contribution in [-0.2, 0) is 14.3 Å². The predicted molar refractivity (Wildman–Crippen MR) is 80.4 cm³/mol. The minimum atomic E-state index is -0.630. The summed E-state index contributed by atoms with van der Waals surface area (Å²) >= 11 is 0. The topological polar surface area (TPSA) is 91.5 Å². The van der Waals surface area contributed by atoms with Crippen molar-refractivity contribution in [1.82, 2.24) is 10.1 Å². The molecule has 0 aliphatic heterocycles. The Kier molecular flexibility index (Phi) is 5.24. The second-order valence-electron chi connectivity index (χ2n) is 4.71. The average Bonchev–Trinajstić information content (AvgIpc) is 2.99. The third-order valence-electron chi connectivity index (χ3n) is 2.93. The number of carbonyl (C=O) groups excluding carboxylic acids is 2. The molecule has 1 heterocycles. The number of aryl methyl sites for hydroxylation is 1. The molecule has 0 saturated carbocycles. The lowest BCUT2D eigenvalue weighted by Gasteiger charge is -2.06. The number of benzene rings is 1. The fourth-order valence-electron chi connectivity index (χ4n) is 1.75.